The van der Waals surface area contributed by atoms with E-state index in [1.807, 2.05) is 6.92 Å². The first-order chi connectivity index (χ1) is 9.00. The van der Waals surface area contributed by atoms with E-state index in [0.29, 0.717) is 19.6 Å². The summed E-state index contributed by atoms with van der Waals surface area (Å²) in [4.78, 5) is 23.6. The standard InChI is InChI=1S/C12H15N3O4/c1-8-7-14(6-5-13-8)11-9(12(16)17)3-2-4-10(11)15(18)19/h2-4,8,13H,5-7H2,1H3,(H,16,17)/t8-/m0/s1. The molecule has 1 aliphatic rings. The van der Waals surface area contributed by atoms with Crippen LogP contribution in [0.2, 0.25) is 0 Å². The number of carboxylic acid groups (broad SMARTS) is 1. The lowest BCUT2D eigenvalue weighted by Crippen LogP contribution is -2.49. The fourth-order valence-electron chi connectivity index (χ4n) is 2.32. The second-order valence-corrected chi connectivity index (χ2v) is 4.54. The molecule has 1 fully saturated rings. The average molecular weight is 265 g/mol. The molecule has 1 aromatic rings. The molecule has 0 saturated carbocycles. The van der Waals surface area contributed by atoms with Gasteiger partial charge < -0.3 is 15.3 Å². The Balaban J connectivity index is 2.51. The first kappa shape index (κ1) is 13.3. The number of carboxylic acids is 1. The van der Waals surface area contributed by atoms with Crippen LogP contribution in [0.25, 0.3) is 0 Å². The molecule has 0 spiro atoms. The zero-order valence-corrected chi connectivity index (χ0v) is 10.5. The van der Waals surface area contributed by atoms with Crippen LogP contribution in [-0.4, -0.2) is 41.7 Å². The van der Waals surface area contributed by atoms with Gasteiger partial charge in [-0.2, -0.15) is 0 Å². The molecule has 19 heavy (non-hydrogen) atoms. The molecule has 1 aliphatic heterocycles. The monoisotopic (exact) mass is 265 g/mol. The number of rotatable bonds is 3. The molecular weight excluding hydrogens is 250 g/mol. The van der Waals surface area contributed by atoms with Gasteiger partial charge in [-0.1, -0.05) is 6.07 Å². The predicted octanol–water partition coefficient (Wildman–Crippen LogP) is 1.09. The van der Waals surface area contributed by atoms with Gasteiger partial charge in [-0.25, -0.2) is 4.79 Å². The van der Waals surface area contributed by atoms with Crippen molar-refractivity contribution in [3.8, 4) is 0 Å². The summed E-state index contributed by atoms with van der Waals surface area (Å²) in [5, 5.41) is 23.5. The van der Waals surface area contributed by atoms with E-state index in [1.54, 1.807) is 4.90 Å². The van der Waals surface area contributed by atoms with Crippen molar-refractivity contribution in [3.05, 3.63) is 33.9 Å². The molecule has 0 aromatic heterocycles. The van der Waals surface area contributed by atoms with Crippen molar-refractivity contribution in [1.29, 1.82) is 0 Å². The number of hydrogen-bond acceptors (Lipinski definition) is 5. The highest BCUT2D eigenvalue weighted by Crippen LogP contribution is 2.32. The molecule has 1 aromatic carbocycles. The molecule has 1 atom stereocenters. The van der Waals surface area contributed by atoms with Crippen LogP contribution < -0.4 is 10.2 Å². The summed E-state index contributed by atoms with van der Waals surface area (Å²) in [5.74, 6) is -1.15. The largest absolute Gasteiger partial charge is 0.478 e. The average Bonchev–Trinajstić information content (AvgIpc) is 2.37. The number of para-hydroxylation sites is 1. The molecule has 0 amide bonds. The van der Waals surface area contributed by atoms with Gasteiger partial charge in [0.05, 0.1) is 10.5 Å². The Hall–Kier alpha value is -2.15. The smallest absolute Gasteiger partial charge is 0.338 e. The number of nitro groups is 1. The van der Waals surface area contributed by atoms with E-state index >= 15 is 0 Å². The quantitative estimate of drug-likeness (QED) is 0.627. The van der Waals surface area contributed by atoms with Crippen LogP contribution in [0, 0.1) is 10.1 Å². The molecule has 7 nitrogen and oxygen atoms in total. The van der Waals surface area contributed by atoms with Crippen molar-refractivity contribution in [2.75, 3.05) is 24.5 Å². The number of hydrogen-bond donors (Lipinski definition) is 2. The zero-order chi connectivity index (χ0) is 14.0. The van der Waals surface area contributed by atoms with E-state index in [9.17, 15) is 20.0 Å². The van der Waals surface area contributed by atoms with Crippen molar-refractivity contribution in [2.45, 2.75) is 13.0 Å². The number of carbonyl (C=O) groups is 1. The maximum atomic E-state index is 11.3. The van der Waals surface area contributed by atoms with E-state index in [1.165, 1.54) is 18.2 Å². The molecule has 0 radical (unpaired) electrons. The van der Waals surface area contributed by atoms with Crippen LogP contribution in [-0.2, 0) is 0 Å². The van der Waals surface area contributed by atoms with E-state index in [4.69, 9.17) is 0 Å². The zero-order valence-electron chi connectivity index (χ0n) is 10.5. The summed E-state index contributed by atoms with van der Waals surface area (Å²) < 4.78 is 0. The van der Waals surface area contributed by atoms with E-state index < -0.39 is 10.9 Å². The van der Waals surface area contributed by atoms with E-state index in [2.05, 4.69) is 5.32 Å². The molecule has 0 aliphatic carbocycles. The lowest BCUT2D eigenvalue weighted by atomic mass is 10.1. The Morgan fingerprint density at radius 1 is 1.58 bits per heavy atom. The lowest BCUT2D eigenvalue weighted by Gasteiger charge is -2.33. The second-order valence-electron chi connectivity index (χ2n) is 4.54. The summed E-state index contributed by atoms with van der Waals surface area (Å²) >= 11 is 0. The molecule has 1 saturated heterocycles. The SMILES string of the molecule is C[C@H]1CN(c2c(C(=O)O)cccc2[N+](=O)[O-])CCN1. The third kappa shape index (κ3) is 2.65. The normalized spacial score (nSPS) is 19.2. The van der Waals surface area contributed by atoms with Crippen LogP contribution >= 0.6 is 0 Å². The van der Waals surface area contributed by atoms with Crippen molar-refractivity contribution in [3.63, 3.8) is 0 Å². The Kier molecular flexibility index (Phi) is 3.66. The fourth-order valence-corrected chi connectivity index (χ4v) is 2.32. The Labute approximate surface area is 110 Å². The van der Waals surface area contributed by atoms with Gasteiger partial charge in [-0.3, -0.25) is 10.1 Å². The minimum absolute atomic E-state index is 0.0247. The Bertz CT molecular complexity index is 485. The molecule has 0 bridgehead atoms. The number of nitro benzene ring substituents is 1. The van der Waals surface area contributed by atoms with Crippen molar-refractivity contribution < 1.29 is 14.8 Å². The number of nitrogens with one attached hydrogen (secondary N) is 1. The van der Waals surface area contributed by atoms with Gasteiger partial charge in [-0.15, -0.1) is 0 Å². The molecule has 102 valence electrons. The number of anilines is 1. The number of aromatic carboxylic acids is 1. The van der Waals surface area contributed by atoms with E-state index in [0.717, 1.165) is 0 Å². The van der Waals surface area contributed by atoms with Gasteiger partial charge in [0.1, 0.15) is 5.69 Å². The maximum Gasteiger partial charge on any atom is 0.338 e. The van der Waals surface area contributed by atoms with Crippen LogP contribution in [0.15, 0.2) is 18.2 Å². The lowest BCUT2D eigenvalue weighted by molar-refractivity contribution is -0.384. The fraction of sp³-hybridized carbons (Fsp3) is 0.417. The number of benzene rings is 1. The van der Waals surface area contributed by atoms with Gasteiger partial charge in [0.25, 0.3) is 5.69 Å². The van der Waals surface area contributed by atoms with Crippen molar-refractivity contribution in [2.24, 2.45) is 0 Å². The molecule has 1 heterocycles. The minimum Gasteiger partial charge on any atom is -0.478 e. The van der Waals surface area contributed by atoms with E-state index in [-0.39, 0.29) is 23.0 Å². The highest BCUT2D eigenvalue weighted by molar-refractivity contribution is 5.97. The van der Waals surface area contributed by atoms with Crippen LogP contribution in [0.5, 0.6) is 0 Å². The number of nitrogens with zero attached hydrogens (tertiary/aromatic N) is 2. The predicted molar refractivity (Wildman–Crippen MR) is 69.7 cm³/mol. The van der Waals surface area contributed by atoms with Gasteiger partial charge in [0.2, 0.25) is 0 Å². The summed E-state index contributed by atoms with van der Waals surface area (Å²) in [7, 11) is 0. The van der Waals surface area contributed by atoms with Crippen molar-refractivity contribution in [1.82, 2.24) is 5.32 Å². The molecule has 2 rings (SSSR count). The summed E-state index contributed by atoms with van der Waals surface area (Å²) in [6, 6.07) is 4.30. The molecule has 0 unspecified atom stereocenters. The summed E-state index contributed by atoms with van der Waals surface area (Å²) in [5.41, 5.74) is 0.0191. The molecular formula is C12H15N3O4. The van der Waals surface area contributed by atoms with Gasteiger partial charge in [0, 0.05) is 31.7 Å². The first-order valence-electron chi connectivity index (χ1n) is 5.99. The van der Waals surface area contributed by atoms with Crippen molar-refractivity contribution >= 4 is 17.3 Å². The minimum atomic E-state index is -1.15. The molecule has 7 heteroatoms. The Morgan fingerprint density at radius 2 is 2.32 bits per heavy atom. The second kappa shape index (κ2) is 5.23. The highest BCUT2D eigenvalue weighted by Gasteiger charge is 2.28. The van der Waals surface area contributed by atoms with Crippen LogP contribution in [0.1, 0.15) is 17.3 Å². The van der Waals surface area contributed by atoms with Crippen LogP contribution in [0.3, 0.4) is 0 Å². The Morgan fingerprint density at radius 3 is 2.89 bits per heavy atom. The van der Waals surface area contributed by atoms with Crippen LogP contribution in [0.4, 0.5) is 11.4 Å². The highest BCUT2D eigenvalue weighted by atomic mass is 16.6. The first-order valence-corrected chi connectivity index (χ1v) is 5.99. The summed E-state index contributed by atoms with van der Waals surface area (Å²) in [6.45, 7) is 3.73. The van der Waals surface area contributed by atoms with Gasteiger partial charge in [-0.05, 0) is 13.0 Å². The maximum absolute atomic E-state index is 11.3. The van der Waals surface area contributed by atoms with Gasteiger partial charge in [0.15, 0.2) is 0 Å². The third-order valence-electron chi connectivity index (χ3n) is 3.13. The molecule has 2 N–H and O–H groups in total. The third-order valence-corrected chi connectivity index (χ3v) is 3.13. The van der Waals surface area contributed by atoms with Gasteiger partial charge >= 0.3 is 5.97 Å². The topological polar surface area (TPSA) is 95.7 Å². The number of piperazine rings is 1. The summed E-state index contributed by atoms with van der Waals surface area (Å²) in [6.07, 6.45) is 0.